The Hall–Kier alpha value is -3.45. The maximum atomic E-state index is 12.8. The van der Waals surface area contributed by atoms with Crippen molar-refractivity contribution >= 4 is 22.4 Å². The van der Waals surface area contributed by atoms with Gasteiger partial charge >= 0.3 is 0 Å². The third-order valence-electron chi connectivity index (χ3n) is 4.17. The van der Waals surface area contributed by atoms with Crippen molar-refractivity contribution in [2.75, 3.05) is 13.2 Å². The topological polar surface area (TPSA) is 65.7 Å². The van der Waals surface area contributed by atoms with Crippen molar-refractivity contribution in [1.82, 2.24) is 14.6 Å². The van der Waals surface area contributed by atoms with Crippen LogP contribution in [-0.4, -0.2) is 27.8 Å². The summed E-state index contributed by atoms with van der Waals surface area (Å²) in [7, 11) is 0. The summed E-state index contributed by atoms with van der Waals surface area (Å²) in [5.74, 6) is 1.99. The predicted molar refractivity (Wildman–Crippen MR) is 115 cm³/mol. The molecule has 7 heteroatoms. The zero-order valence-corrected chi connectivity index (χ0v) is 16.7. The molecular formula is C22H19N3O3S. The van der Waals surface area contributed by atoms with Gasteiger partial charge in [0.05, 0.1) is 11.1 Å². The van der Waals surface area contributed by atoms with Crippen molar-refractivity contribution < 1.29 is 9.47 Å². The summed E-state index contributed by atoms with van der Waals surface area (Å²) < 4.78 is 13.0. The second-order valence-electron chi connectivity index (χ2n) is 6.14. The Morgan fingerprint density at radius 3 is 2.66 bits per heavy atom. The Balaban J connectivity index is 1.70. The van der Waals surface area contributed by atoms with E-state index in [4.69, 9.17) is 9.47 Å². The summed E-state index contributed by atoms with van der Waals surface area (Å²) in [5.41, 5.74) is 1.45. The lowest BCUT2D eigenvalue weighted by molar-refractivity contribution is 0.340. The van der Waals surface area contributed by atoms with Crippen LogP contribution in [0.5, 0.6) is 11.5 Å². The van der Waals surface area contributed by atoms with Gasteiger partial charge < -0.3 is 9.47 Å². The summed E-state index contributed by atoms with van der Waals surface area (Å²) in [4.78, 5) is 17.9. The highest BCUT2D eigenvalue weighted by molar-refractivity contribution is 7.15. The van der Waals surface area contributed by atoms with E-state index in [1.165, 1.54) is 15.9 Å². The first kappa shape index (κ1) is 18.9. The molecule has 0 aliphatic rings. The lowest BCUT2D eigenvalue weighted by Gasteiger charge is -2.05. The molecule has 0 saturated carbocycles. The molecule has 4 aromatic rings. The molecule has 0 N–H and O–H groups in total. The molecule has 0 aliphatic heterocycles. The highest BCUT2D eigenvalue weighted by Crippen LogP contribution is 2.21. The minimum absolute atomic E-state index is 0.201. The van der Waals surface area contributed by atoms with Gasteiger partial charge in [0.25, 0.3) is 5.56 Å². The van der Waals surface area contributed by atoms with E-state index in [9.17, 15) is 4.79 Å². The molecule has 0 spiro atoms. The standard InChI is InChI=1S/C22H19N3O3S/c1-3-13-28-18-8-6-5-7-16(18)14-19-21(26)25-22(29-19)23-20(24-25)15-9-11-17(12-10-15)27-4-2/h3,5-12,14H,1,4,13H2,2H3/b19-14+. The van der Waals surface area contributed by atoms with Gasteiger partial charge in [-0.05, 0) is 43.3 Å². The Bertz CT molecular complexity index is 1260. The van der Waals surface area contributed by atoms with E-state index in [0.717, 1.165) is 16.9 Å². The zero-order chi connectivity index (χ0) is 20.2. The molecule has 2 aromatic heterocycles. The fourth-order valence-corrected chi connectivity index (χ4v) is 3.74. The van der Waals surface area contributed by atoms with Crippen LogP contribution in [0.15, 0.2) is 66.0 Å². The van der Waals surface area contributed by atoms with E-state index < -0.39 is 0 Å². The van der Waals surface area contributed by atoms with E-state index in [1.54, 1.807) is 12.2 Å². The number of hydrogen-bond donors (Lipinski definition) is 0. The van der Waals surface area contributed by atoms with Gasteiger partial charge in [-0.2, -0.15) is 9.50 Å². The van der Waals surface area contributed by atoms with Crippen LogP contribution in [-0.2, 0) is 0 Å². The van der Waals surface area contributed by atoms with Gasteiger partial charge in [0.15, 0.2) is 5.82 Å². The average Bonchev–Trinajstić information content (AvgIpc) is 3.28. The second kappa shape index (κ2) is 8.28. The molecule has 29 heavy (non-hydrogen) atoms. The molecule has 146 valence electrons. The lowest BCUT2D eigenvalue weighted by Crippen LogP contribution is -2.23. The Kier molecular flexibility index (Phi) is 5.39. The van der Waals surface area contributed by atoms with Crippen LogP contribution in [0.1, 0.15) is 12.5 Å². The number of nitrogens with zero attached hydrogens (tertiary/aromatic N) is 3. The number of para-hydroxylation sites is 1. The number of fused-ring (bicyclic) bond motifs is 1. The normalized spacial score (nSPS) is 11.7. The zero-order valence-electron chi connectivity index (χ0n) is 15.9. The van der Waals surface area contributed by atoms with E-state index in [2.05, 4.69) is 16.7 Å². The van der Waals surface area contributed by atoms with Gasteiger partial charge in [0, 0.05) is 11.1 Å². The summed E-state index contributed by atoms with van der Waals surface area (Å²) in [6, 6.07) is 15.1. The fourth-order valence-electron chi connectivity index (χ4n) is 2.84. The van der Waals surface area contributed by atoms with Crippen molar-refractivity contribution in [1.29, 1.82) is 0 Å². The summed E-state index contributed by atoms with van der Waals surface area (Å²) in [6.45, 7) is 6.61. The first-order chi connectivity index (χ1) is 14.2. The fraction of sp³-hybridized carbons (Fsp3) is 0.136. The van der Waals surface area contributed by atoms with Crippen LogP contribution in [0.25, 0.3) is 22.4 Å². The third kappa shape index (κ3) is 3.90. The maximum absolute atomic E-state index is 12.8. The van der Waals surface area contributed by atoms with Crippen LogP contribution in [0, 0.1) is 0 Å². The van der Waals surface area contributed by atoms with Gasteiger partial charge in [-0.3, -0.25) is 4.79 Å². The molecule has 0 bridgehead atoms. The quantitative estimate of drug-likeness (QED) is 0.441. The number of thiazole rings is 1. The number of benzene rings is 2. The van der Waals surface area contributed by atoms with Gasteiger partial charge in [-0.15, -0.1) is 5.10 Å². The molecule has 0 unspecified atom stereocenters. The molecule has 0 saturated heterocycles. The van der Waals surface area contributed by atoms with Crippen LogP contribution in [0.4, 0.5) is 0 Å². The molecule has 0 radical (unpaired) electrons. The molecular weight excluding hydrogens is 386 g/mol. The van der Waals surface area contributed by atoms with Gasteiger partial charge in [-0.25, -0.2) is 0 Å². The molecule has 0 aliphatic carbocycles. The summed E-state index contributed by atoms with van der Waals surface area (Å²) in [6.07, 6.45) is 3.49. The van der Waals surface area contributed by atoms with Crippen LogP contribution in [0.3, 0.4) is 0 Å². The minimum Gasteiger partial charge on any atom is -0.494 e. The Morgan fingerprint density at radius 1 is 1.14 bits per heavy atom. The number of rotatable bonds is 7. The molecule has 2 heterocycles. The summed E-state index contributed by atoms with van der Waals surface area (Å²) >= 11 is 1.30. The van der Waals surface area contributed by atoms with Crippen molar-refractivity contribution in [2.24, 2.45) is 0 Å². The number of ether oxygens (including phenoxy) is 2. The minimum atomic E-state index is -0.201. The molecule has 0 fully saturated rings. The molecule has 0 atom stereocenters. The predicted octanol–water partition coefficient (Wildman–Crippen LogP) is 3.33. The van der Waals surface area contributed by atoms with Crippen molar-refractivity contribution in [3.8, 4) is 22.9 Å². The van der Waals surface area contributed by atoms with Crippen molar-refractivity contribution in [2.45, 2.75) is 6.92 Å². The first-order valence-corrected chi connectivity index (χ1v) is 9.98. The largest absolute Gasteiger partial charge is 0.494 e. The average molecular weight is 405 g/mol. The lowest BCUT2D eigenvalue weighted by atomic mass is 10.2. The van der Waals surface area contributed by atoms with E-state index in [-0.39, 0.29) is 5.56 Å². The molecule has 2 aromatic carbocycles. The van der Waals surface area contributed by atoms with E-state index >= 15 is 0 Å². The number of aromatic nitrogens is 3. The maximum Gasteiger partial charge on any atom is 0.291 e. The number of hydrogen-bond acceptors (Lipinski definition) is 6. The third-order valence-corrected chi connectivity index (χ3v) is 5.13. The van der Waals surface area contributed by atoms with Crippen molar-refractivity contribution in [3.05, 3.63) is 81.6 Å². The van der Waals surface area contributed by atoms with E-state index in [1.807, 2.05) is 55.5 Å². The molecule has 6 nitrogen and oxygen atoms in total. The van der Waals surface area contributed by atoms with Crippen molar-refractivity contribution in [3.63, 3.8) is 0 Å². The van der Waals surface area contributed by atoms with E-state index in [0.29, 0.717) is 34.3 Å². The van der Waals surface area contributed by atoms with Crippen LogP contribution >= 0.6 is 11.3 Å². The SMILES string of the molecule is C=CCOc1ccccc1/C=c1/sc2nc(-c3ccc(OCC)cc3)nn2c1=O. The van der Waals surface area contributed by atoms with Gasteiger partial charge in [0.2, 0.25) is 4.96 Å². The Labute approximate surface area is 171 Å². The van der Waals surface area contributed by atoms with Crippen LogP contribution in [0.2, 0.25) is 0 Å². The Morgan fingerprint density at radius 2 is 1.93 bits per heavy atom. The smallest absolute Gasteiger partial charge is 0.291 e. The first-order valence-electron chi connectivity index (χ1n) is 9.17. The van der Waals surface area contributed by atoms with Gasteiger partial charge in [-0.1, -0.05) is 42.2 Å². The highest BCUT2D eigenvalue weighted by atomic mass is 32.1. The summed E-state index contributed by atoms with van der Waals surface area (Å²) in [5, 5.41) is 4.39. The van der Waals surface area contributed by atoms with Gasteiger partial charge in [0.1, 0.15) is 18.1 Å². The van der Waals surface area contributed by atoms with Crippen LogP contribution < -0.4 is 19.6 Å². The molecule has 4 rings (SSSR count). The highest BCUT2D eigenvalue weighted by Gasteiger charge is 2.12. The monoisotopic (exact) mass is 405 g/mol. The second-order valence-corrected chi connectivity index (χ2v) is 7.15. The molecule has 0 amide bonds.